The van der Waals surface area contributed by atoms with E-state index in [1.165, 1.54) is 20.3 Å². The molecule has 1 aromatic rings. The number of phenols is 1. The minimum absolute atomic E-state index is 0.0637. The molecule has 1 aliphatic carbocycles. The van der Waals surface area contributed by atoms with Crippen molar-refractivity contribution in [2.45, 2.75) is 37.5 Å². The molecule has 0 amide bonds. The second-order valence-corrected chi connectivity index (χ2v) is 5.67. The van der Waals surface area contributed by atoms with Gasteiger partial charge in [-0.1, -0.05) is 30.9 Å². The Morgan fingerprint density at radius 2 is 1.86 bits per heavy atom. The van der Waals surface area contributed by atoms with Crippen LogP contribution in [0, 0.1) is 0 Å². The molecule has 21 heavy (non-hydrogen) atoms. The van der Waals surface area contributed by atoms with Crippen LogP contribution in [0.25, 0.3) is 0 Å². The summed E-state index contributed by atoms with van der Waals surface area (Å²) in [6, 6.07) is 1.43. The van der Waals surface area contributed by atoms with Crippen molar-refractivity contribution in [3.63, 3.8) is 0 Å². The smallest absolute Gasteiger partial charge is 0.314 e. The highest BCUT2D eigenvalue weighted by atomic mass is 35.5. The van der Waals surface area contributed by atoms with Gasteiger partial charge >= 0.3 is 5.97 Å². The lowest BCUT2D eigenvalue weighted by atomic mass is 9.68. The van der Waals surface area contributed by atoms with E-state index in [9.17, 15) is 15.0 Å². The molecule has 1 aromatic carbocycles. The fourth-order valence-corrected chi connectivity index (χ4v) is 3.32. The topological polar surface area (TPSA) is 76.0 Å². The lowest BCUT2D eigenvalue weighted by molar-refractivity contribution is -0.145. The van der Waals surface area contributed by atoms with E-state index in [1.807, 2.05) is 0 Å². The quantitative estimate of drug-likeness (QED) is 0.891. The number of carbonyl (C=O) groups is 1. The lowest BCUT2D eigenvalue weighted by Gasteiger charge is -2.35. The second-order valence-electron chi connectivity index (χ2n) is 5.27. The van der Waals surface area contributed by atoms with Gasteiger partial charge in [-0.15, -0.1) is 0 Å². The summed E-state index contributed by atoms with van der Waals surface area (Å²) in [6.07, 6.45) is 3.43. The summed E-state index contributed by atoms with van der Waals surface area (Å²) in [4.78, 5) is 12.0. The maximum Gasteiger partial charge on any atom is 0.314 e. The number of hydrogen-bond donors (Lipinski definition) is 2. The predicted octanol–water partition coefficient (Wildman–Crippen LogP) is 3.35. The van der Waals surface area contributed by atoms with Gasteiger partial charge < -0.3 is 19.7 Å². The molecule has 1 aliphatic rings. The van der Waals surface area contributed by atoms with E-state index in [1.54, 1.807) is 0 Å². The van der Waals surface area contributed by atoms with Gasteiger partial charge in [0.1, 0.15) is 11.2 Å². The Labute approximate surface area is 128 Å². The molecule has 0 spiro atoms. The van der Waals surface area contributed by atoms with E-state index in [-0.39, 0.29) is 22.1 Å². The molecule has 0 aromatic heterocycles. The number of aromatic hydroxyl groups is 1. The normalized spacial score (nSPS) is 17.3. The molecule has 0 heterocycles. The summed E-state index contributed by atoms with van der Waals surface area (Å²) in [5.74, 6) is -0.649. The van der Waals surface area contributed by atoms with Crippen molar-refractivity contribution in [2.75, 3.05) is 14.2 Å². The number of ether oxygens (including phenoxy) is 2. The van der Waals surface area contributed by atoms with Crippen molar-refractivity contribution in [3.8, 4) is 17.2 Å². The van der Waals surface area contributed by atoms with Crippen LogP contribution in [-0.4, -0.2) is 30.4 Å². The highest BCUT2D eigenvalue weighted by Crippen LogP contribution is 2.52. The van der Waals surface area contributed by atoms with Gasteiger partial charge in [0.2, 0.25) is 0 Å². The van der Waals surface area contributed by atoms with Crippen LogP contribution in [0.4, 0.5) is 0 Å². The van der Waals surface area contributed by atoms with Crippen LogP contribution in [0.2, 0.25) is 5.02 Å². The maximum atomic E-state index is 12.0. The molecule has 2 N–H and O–H groups in total. The zero-order chi connectivity index (χ0) is 15.6. The van der Waals surface area contributed by atoms with Crippen molar-refractivity contribution in [2.24, 2.45) is 0 Å². The monoisotopic (exact) mass is 314 g/mol. The Kier molecular flexibility index (Phi) is 4.52. The summed E-state index contributed by atoms with van der Waals surface area (Å²) in [5, 5.41) is 20.2. The summed E-state index contributed by atoms with van der Waals surface area (Å²) in [5.41, 5.74) is -0.965. The third-order valence-electron chi connectivity index (χ3n) is 4.19. The molecule has 0 unspecified atom stereocenters. The molecule has 2 rings (SSSR count). The van der Waals surface area contributed by atoms with Gasteiger partial charge in [0.15, 0.2) is 11.5 Å². The van der Waals surface area contributed by atoms with Gasteiger partial charge in [-0.3, -0.25) is 4.79 Å². The number of carboxylic acid groups (broad SMARTS) is 1. The highest BCUT2D eigenvalue weighted by molar-refractivity contribution is 6.32. The number of rotatable bonds is 4. The summed E-state index contributed by atoms with van der Waals surface area (Å²) in [6.45, 7) is 0. The Balaban J connectivity index is 2.75. The van der Waals surface area contributed by atoms with Crippen LogP contribution in [0.1, 0.15) is 37.7 Å². The van der Waals surface area contributed by atoms with E-state index in [4.69, 9.17) is 21.1 Å². The summed E-state index contributed by atoms with van der Waals surface area (Å²) < 4.78 is 10.5. The Morgan fingerprint density at radius 3 is 2.33 bits per heavy atom. The fourth-order valence-electron chi connectivity index (χ4n) is 3.12. The Morgan fingerprint density at radius 1 is 1.24 bits per heavy atom. The van der Waals surface area contributed by atoms with Crippen molar-refractivity contribution >= 4 is 17.6 Å². The van der Waals surface area contributed by atoms with Crippen molar-refractivity contribution in [1.82, 2.24) is 0 Å². The zero-order valence-electron chi connectivity index (χ0n) is 12.1. The molecule has 6 heteroatoms. The van der Waals surface area contributed by atoms with Gasteiger partial charge in [0.25, 0.3) is 0 Å². The lowest BCUT2D eigenvalue weighted by Crippen LogP contribution is -2.38. The van der Waals surface area contributed by atoms with Gasteiger partial charge in [-0.05, 0) is 12.8 Å². The molecular formula is C15H19ClO5. The number of carboxylic acids is 1. The van der Waals surface area contributed by atoms with Crippen LogP contribution in [0.5, 0.6) is 17.2 Å². The van der Waals surface area contributed by atoms with Crippen LogP contribution < -0.4 is 9.47 Å². The minimum Gasteiger partial charge on any atom is -0.506 e. The second kappa shape index (κ2) is 6.02. The predicted molar refractivity (Wildman–Crippen MR) is 78.6 cm³/mol. The average Bonchev–Trinajstić information content (AvgIpc) is 2.49. The molecule has 1 fully saturated rings. The molecule has 0 atom stereocenters. The van der Waals surface area contributed by atoms with Crippen molar-refractivity contribution < 1.29 is 24.5 Å². The number of phenolic OH excluding ortho intramolecular Hbond substituents is 1. The third kappa shape index (κ3) is 2.50. The molecule has 5 nitrogen and oxygen atoms in total. The Hall–Kier alpha value is -1.62. The number of benzene rings is 1. The van der Waals surface area contributed by atoms with E-state index >= 15 is 0 Å². The van der Waals surface area contributed by atoms with E-state index in [0.717, 1.165) is 19.3 Å². The number of methoxy groups -OCH3 is 2. The van der Waals surface area contributed by atoms with Crippen LogP contribution in [-0.2, 0) is 10.2 Å². The number of halogens is 1. The third-order valence-corrected chi connectivity index (χ3v) is 4.48. The van der Waals surface area contributed by atoms with Crippen molar-refractivity contribution in [3.05, 3.63) is 16.7 Å². The summed E-state index contributed by atoms with van der Waals surface area (Å²) in [7, 11) is 2.87. The average molecular weight is 315 g/mol. The van der Waals surface area contributed by atoms with Crippen LogP contribution >= 0.6 is 11.6 Å². The van der Waals surface area contributed by atoms with Gasteiger partial charge in [0, 0.05) is 6.07 Å². The first-order valence-electron chi connectivity index (χ1n) is 6.85. The zero-order valence-corrected chi connectivity index (χ0v) is 12.9. The standard InChI is InChI=1S/C15H19ClO5/c1-20-10-8-9(16)12(17)11(13(10)21-2)15(14(18)19)6-4-3-5-7-15/h8,17H,3-7H2,1-2H3,(H,18,19). The molecular weight excluding hydrogens is 296 g/mol. The molecule has 0 radical (unpaired) electrons. The number of aliphatic carboxylic acids is 1. The van der Waals surface area contributed by atoms with E-state index in [0.29, 0.717) is 18.6 Å². The van der Waals surface area contributed by atoms with Crippen molar-refractivity contribution in [1.29, 1.82) is 0 Å². The SMILES string of the molecule is COc1cc(Cl)c(O)c(C2(C(=O)O)CCCCC2)c1OC. The first-order chi connectivity index (χ1) is 9.97. The van der Waals surface area contributed by atoms with E-state index in [2.05, 4.69) is 0 Å². The largest absolute Gasteiger partial charge is 0.506 e. The highest BCUT2D eigenvalue weighted by Gasteiger charge is 2.46. The van der Waals surface area contributed by atoms with Crippen LogP contribution in [0.15, 0.2) is 6.07 Å². The maximum absolute atomic E-state index is 12.0. The van der Waals surface area contributed by atoms with Crippen LogP contribution in [0.3, 0.4) is 0 Å². The number of hydrogen-bond acceptors (Lipinski definition) is 4. The minimum atomic E-state index is -1.19. The fraction of sp³-hybridized carbons (Fsp3) is 0.533. The molecule has 0 aliphatic heterocycles. The molecule has 0 saturated heterocycles. The summed E-state index contributed by atoms with van der Waals surface area (Å²) >= 11 is 6.03. The molecule has 0 bridgehead atoms. The first-order valence-corrected chi connectivity index (χ1v) is 7.23. The van der Waals surface area contributed by atoms with Gasteiger partial charge in [0.05, 0.1) is 24.8 Å². The van der Waals surface area contributed by atoms with Gasteiger partial charge in [-0.25, -0.2) is 0 Å². The van der Waals surface area contributed by atoms with E-state index < -0.39 is 11.4 Å². The van der Waals surface area contributed by atoms with Gasteiger partial charge in [-0.2, -0.15) is 0 Å². The molecule has 1 saturated carbocycles. The first kappa shape index (κ1) is 15.8. The Bertz CT molecular complexity index is 549. The molecule has 116 valence electrons.